The molecule has 0 saturated heterocycles. The minimum absolute atomic E-state index is 0. The van der Waals surface area contributed by atoms with Crippen molar-refractivity contribution >= 4 is 18.3 Å². The first kappa shape index (κ1) is 15.6. The molecule has 0 fully saturated rings. The van der Waals surface area contributed by atoms with Crippen molar-refractivity contribution in [3.63, 3.8) is 0 Å². The Balaban J connectivity index is 0.00000256. The van der Waals surface area contributed by atoms with Crippen molar-refractivity contribution < 1.29 is 9.18 Å². The van der Waals surface area contributed by atoms with Crippen LogP contribution in [0.15, 0.2) is 36.9 Å². The molecule has 0 aliphatic heterocycles. The summed E-state index contributed by atoms with van der Waals surface area (Å²) in [5.74, 6) is -0.537. The molecule has 1 rings (SSSR count). The molecule has 0 spiro atoms. The van der Waals surface area contributed by atoms with E-state index in [1.165, 1.54) is 11.0 Å². The number of nitrogens with zero attached hydrogens (tertiary/aromatic N) is 1. The first-order chi connectivity index (χ1) is 7.69. The molecule has 0 bridgehead atoms. The lowest BCUT2D eigenvalue weighted by atomic mass is 10.2. The van der Waals surface area contributed by atoms with Crippen molar-refractivity contribution in [2.24, 2.45) is 5.73 Å². The Morgan fingerprint density at radius 1 is 1.47 bits per heavy atom. The molecule has 0 unspecified atom stereocenters. The number of nitrogens with two attached hydrogens (primary N) is 1. The van der Waals surface area contributed by atoms with Crippen molar-refractivity contribution in [3.8, 4) is 0 Å². The maximum Gasteiger partial charge on any atom is 0.236 e. The first-order valence-corrected chi connectivity index (χ1v) is 5.01. The zero-order chi connectivity index (χ0) is 12.0. The van der Waals surface area contributed by atoms with Gasteiger partial charge in [0.05, 0.1) is 6.54 Å². The van der Waals surface area contributed by atoms with Crippen LogP contribution in [-0.4, -0.2) is 23.9 Å². The van der Waals surface area contributed by atoms with E-state index in [1.807, 2.05) is 0 Å². The quantitative estimate of drug-likeness (QED) is 0.818. The van der Waals surface area contributed by atoms with Crippen molar-refractivity contribution in [2.45, 2.75) is 6.54 Å². The largest absolute Gasteiger partial charge is 0.333 e. The lowest BCUT2D eigenvalue weighted by molar-refractivity contribution is -0.129. The lowest BCUT2D eigenvalue weighted by Crippen LogP contribution is -2.35. The number of benzene rings is 1. The van der Waals surface area contributed by atoms with Crippen molar-refractivity contribution in [3.05, 3.63) is 48.3 Å². The topological polar surface area (TPSA) is 46.3 Å². The van der Waals surface area contributed by atoms with Gasteiger partial charge in [0, 0.05) is 18.7 Å². The molecule has 0 heterocycles. The predicted molar refractivity (Wildman–Crippen MR) is 68.3 cm³/mol. The zero-order valence-corrected chi connectivity index (χ0v) is 10.3. The van der Waals surface area contributed by atoms with Crippen LogP contribution in [0.4, 0.5) is 4.39 Å². The van der Waals surface area contributed by atoms with Crippen LogP contribution in [0.5, 0.6) is 0 Å². The molecule has 94 valence electrons. The Labute approximate surface area is 107 Å². The highest BCUT2D eigenvalue weighted by atomic mass is 35.5. The van der Waals surface area contributed by atoms with Gasteiger partial charge in [0.1, 0.15) is 5.82 Å². The van der Waals surface area contributed by atoms with Crippen LogP contribution in [-0.2, 0) is 11.3 Å². The molecule has 17 heavy (non-hydrogen) atoms. The van der Waals surface area contributed by atoms with E-state index in [1.54, 1.807) is 24.3 Å². The minimum atomic E-state index is -0.318. The monoisotopic (exact) mass is 258 g/mol. The third-order valence-corrected chi connectivity index (χ3v) is 2.20. The van der Waals surface area contributed by atoms with Gasteiger partial charge >= 0.3 is 0 Å². The summed E-state index contributed by atoms with van der Waals surface area (Å²) in [6, 6.07) is 6.36. The van der Waals surface area contributed by atoms with Crippen molar-refractivity contribution in [2.75, 3.05) is 13.1 Å². The van der Waals surface area contributed by atoms with Gasteiger partial charge in [-0.1, -0.05) is 24.3 Å². The molecule has 1 aromatic rings. The second kappa shape index (κ2) is 7.81. The molecule has 0 aliphatic carbocycles. The molecule has 0 aliphatic rings. The standard InChI is InChI=1S/C12H15FN2O.ClH/c1-2-7-15(12(16)8-14)9-10-5-3-4-6-11(10)13;/h2-6H,1,7-9,14H2;1H. The smallest absolute Gasteiger partial charge is 0.236 e. The fraction of sp³-hybridized carbons (Fsp3) is 0.250. The second-order valence-electron chi connectivity index (χ2n) is 3.36. The van der Waals surface area contributed by atoms with Crippen LogP contribution in [0.3, 0.4) is 0 Å². The zero-order valence-electron chi connectivity index (χ0n) is 9.43. The molecule has 0 saturated carbocycles. The fourth-order valence-electron chi connectivity index (χ4n) is 1.37. The van der Waals surface area contributed by atoms with Crippen LogP contribution in [0.1, 0.15) is 5.56 Å². The third-order valence-electron chi connectivity index (χ3n) is 2.20. The Morgan fingerprint density at radius 3 is 2.65 bits per heavy atom. The van der Waals surface area contributed by atoms with E-state index in [9.17, 15) is 9.18 Å². The first-order valence-electron chi connectivity index (χ1n) is 5.01. The average molecular weight is 259 g/mol. The maximum absolute atomic E-state index is 13.4. The summed E-state index contributed by atoms with van der Waals surface area (Å²) in [6.07, 6.45) is 1.59. The van der Waals surface area contributed by atoms with Crippen molar-refractivity contribution in [1.82, 2.24) is 4.90 Å². The summed E-state index contributed by atoms with van der Waals surface area (Å²) >= 11 is 0. The van der Waals surface area contributed by atoms with Gasteiger partial charge in [0.15, 0.2) is 0 Å². The van der Waals surface area contributed by atoms with Gasteiger partial charge in [-0.15, -0.1) is 19.0 Å². The summed E-state index contributed by atoms with van der Waals surface area (Å²) in [5, 5.41) is 0. The summed E-state index contributed by atoms with van der Waals surface area (Å²) in [4.78, 5) is 12.9. The van der Waals surface area contributed by atoms with Gasteiger partial charge in [-0.2, -0.15) is 0 Å². The van der Waals surface area contributed by atoms with E-state index < -0.39 is 0 Å². The second-order valence-corrected chi connectivity index (χ2v) is 3.36. The number of hydrogen-bond acceptors (Lipinski definition) is 2. The Kier molecular flexibility index (Phi) is 7.18. The molecule has 0 radical (unpaired) electrons. The summed E-state index contributed by atoms with van der Waals surface area (Å²) in [7, 11) is 0. The highest BCUT2D eigenvalue weighted by Gasteiger charge is 2.12. The maximum atomic E-state index is 13.4. The lowest BCUT2D eigenvalue weighted by Gasteiger charge is -2.20. The van der Waals surface area contributed by atoms with E-state index in [2.05, 4.69) is 6.58 Å². The molecular formula is C12H16ClFN2O. The number of rotatable bonds is 5. The molecule has 5 heteroatoms. The number of carbonyl (C=O) groups excluding carboxylic acids is 1. The molecule has 1 aromatic carbocycles. The average Bonchev–Trinajstić information content (AvgIpc) is 2.30. The molecule has 0 aromatic heterocycles. The molecular weight excluding hydrogens is 243 g/mol. The number of hydrogen-bond donors (Lipinski definition) is 1. The van der Waals surface area contributed by atoms with Gasteiger partial charge in [-0.05, 0) is 6.07 Å². The normalized spacial score (nSPS) is 9.29. The number of carbonyl (C=O) groups is 1. The van der Waals surface area contributed by atoms with Crippen molar-refractivity contribution in [1.29, 1.82) is 0 Å². The van der Waals surface area contributed by atoms with Gasteiger partial charge < -0.3 is 10.6 Å². The Morgan fingerprint density at radius 2 is 2.12 bits per heavy atom. The minimum Gasteiger partial charge on any atom is -0.333 e. The Bertz CT molecular complexity index is 385. The van der Waals surface area contributed by atoms with Crippen LogP contribution in [0, 0.1) is 5.82 Å². The molecule has 1 amide bonds. The van der Waals surface area contributed by atoms with Crippen LogP contribution in [0.25, 0.3) is 0 Å². The summed E-state index contributed by atoms with van der Waals surface area (Å²) in [5.41, 5.74) is 5.75. The number of halogens is 2. The molecule has 3 nitrogen and oxygen atoms in total. The van der Waals surface area contributed by atoms with Crippen LogP contribution in [0.2, 0.25) is 0 Å². The fourth-order valence-corrected chi connectivity index (χ4v) is 1.37. The van der Waals surface area contributed by atoms with E-state index in [4.69, 9.17) is 5.73 Å². The van der Waals surface area contributed by atoms with Gasteiger partial charge in [-0.25, -0.2) is 4.39 Å². The van der Waals surface area contributed by atoms with E-state index in [0.717, 1.165) is 0 Å². The summed E-state index contributed by atoms with van der Waals surface area (Å²) < 4.78 is 13.4. The van der Waals surface area contributed by atoms with E-state index >= 15 is 0 Å². The van der Waals surface area contributed by atoms with E-state index in [0.29, 0.717) is 12.1 Å². The van der Waals surface area contributed by atoms with Gasteiger partial charge in [0.2, 0.25) is 5.91 Å². The SMILES string of the molecule is C=CCN(Cc1ccccc1F)C(=O)CN.Cl. The third kappa shape index (κ3) is 4.54. The summed E-state index contributed by atoms with van der Waals surface area (Å²) in [6.45, 7) is 4.05. The molecule has 0 atom stereocenters. The molecule has 2 N–H and O–H groups in total. The highest BCUT2D eigenvalue weighted by Crippen LogP contribution is 2.09. The van der Waals surface area contributed by atoms with Gasteiger partial charge in [-0.3, -0.25) is 4.79 Å². The predicted octanol–water partition coefficient (Wildman–Crippen LogP) is 1.72. The van der Waals surface area contributed by atoms with E-state index in [-0.39, 0.29) is 37.2 Å². The van der Waals surface area contributed by atoms with Crippen LogP contribution >= 0.6 is 12.4 Å². The highest BCUT2D eigenvalue weighted by molar-refractivity contribution is 5.85. The Hall–Kier alpha value is -1.39. The number of amides is 1. The van der Waals surface area contributed by atoms with Gasteiger partial charge in [0.25, 0.3) is 0 Å². The van der Waals surface area contributed by atoms with Crippen LogP contribution < -0.4 is 5.73 Å².